The van der Waals surface area contributed by atoms with Gasteiger partial charge in [-0.05, 0) is 36.4 Å². The lowest BCUT2D eigenvalue weighted by molar-refractivity contribution is -0.118. The zero-order chi connectivity index (χ0) is 20.8. The van der Waals surface area contributed by atoms with Crippen LogP contribution < -0.4 is 15.8 Å². The SMILES string of the molecule is COC(=O)c1c(N)c(C#N)cn1-c1ccc(NC(=O)COc2ccccc2)cc1. The van der Waals surface area contributed by atoms with Crippen LogP contribution in [0.25, 0.3) is 5.69 Å². The zero-order valence-electron chi connectivity index (χ0n) is 15.6. The van der Waals surface area contributed by atoms with Gasteiger partial charge in [-0.2, -0.15) is 5.26 Å². The second-order valence-corrected chi connectivity index (χ2v) is 5.98. The molecule has 1 heterocycles. The quantitative estimate of drug-likeness (QED) is 0.625. The van der Waals surface area contributed by atoms with E-state index >= 15 is 0 Å². The maximum absolute atomic E-state index is 12.1. The van der Waals surface area contributed by atoms with Crippen LogP contribution in [0.3, 0.4) is 0 Å². The van der Waals surface area contributed by atoms with E-state index in [9.17, 15) is 14.9 Å². The number of amides is 1. The summed E-state index contributed by atoms with van der Waals surface area (Å²) in [5.74, 6) is -0.361. The summed E-state index contributed by atoms with van der Waals surface area (Å²) >= 11 is 0. The highest BCUT2D eigenvalue weighted by molar-refractivity contribution is 5.96. The lowest BCUT2D eigenvalue weighted by Gasteiger charge is -2.10. The largest absolute Gasteiger partial charge is 0.484 e. The number of nitriles is 1. The molecule has 3 rings (SSSR count). The smallest absolute Gasteiger partial charge is 0.357 e. The molecule has 1 amide bonds. The number of nitrogen functional groups attached to an aromatic ring is 1. The van der Waals surface area contributed by atoms with Crippen molar-refractivity contribution in [2.75, 3.05) is 24.8 Å². The molecule has 0 atom stereocenters. The fraction of sp³-hybridized carbons (Fsp3) is 0.0952. The number of anilines is 2. The first kappa shape index (κ1) is 19.5. The van der Waals surface area contributed by atoms with E-state index in [4.69, 9.17) is 15.2 Å². The number of nitrogens with two attached hydrogens (primary N) is 1. The molecular weight excluding hydrogens is 372 g/mol. The number of carbonyl (C=O) groups is 2. The Hall–Kier alpha value is -4.25. The topological polar surface area (TPSA) is 119 Å². The molecule has 8 nitrogen and oxygen atoms in total. The Morgan fingerprint density at radius 1 is 1.14 bits per heavy atom. The van der Waals surface area contributed by atoms with Gasteiger partial charge in [-0.1, -0.05) is 18.2 Å². The number of nitrogens with one attached hydrogen (secondary N) is 1. The molecule has 0 saturated carbocycles. The molecule has 0 radical (unpaired) electrons. The number of esters is 1. The minimum atomic E-state index is -0.653. The number of benzene rings is 2. The molecule has 0 saturated heterocycles. The summed E-state index contributed by atoms with van der Waals surface area (Å²) in [4.78, 5) is 24.1. The molecule has 0 aliphatic carbocycles. The number of carbonyl (C=O) groups excluding carboxylic acids is 2. The van der Waals surface area contributed by atoms with Crippen molar-refractivity contribution in [1.29, 1.82) is 5.26 Å². The number of para-hydroxylation sites is 1. The summed E-state index contributed by atoms with van der Waals surface area (Å²) in [5.41, 5.74) is 7.31. The summed E-state index contributed by atoms with van der Waals surface area (Å²) in [5, 5.41) is 11.9. The molecule has 3 N–H and O–H groups in total. The first-order valence-corrected chi connectivity index (χ1v) is 8.61. The van der Waals surface area contributed by atoms with Crippen LogP contribution in [0.2, 0.25) is 0 Å². The maximum Gasteiger partial charge on any atom is 0.357 e. The van der Waals surface area contributed by atoms with E-state index < -0.39 is 5.97 Å². The Bertz CT molecular complexity index is 1070. The molecule has 0 bridgehead atoms. The van der Waals surface area contributed by atoms with Gasteiger partial charge in [0, 0.05) is 17.6 Å². The number of ether oxygens (including phenoxy) is 2. The number of hydrogen-bond acceptors (Lipinski definition) is 6. The fourth-order valence-electron chi connectivity index (χ4n) is 2.69. The summed E-state index contributed by atoms with van der Waals surface area (Å²) in [7, 11) is 1.24. The summed E-state index contributed by atoms with van der Waals surface area (Å²) < 4.78 is 11.6. The predicted molar refractivity (Wildman–Crippen MR) is 107 cm³/mol. The van der Waals surface area contributed by atoms with E-state index in [1.807, 2.05) is 24.3 Å². The van der Waals surface area contributed by atoms with E-state index in [1.54, 1.807) is 36.4 Å². The van der Waals surface area contributed by atoms with Gasteiger partial charge in [-0.15, -0.1) is 0 Å². The number of rotatable bonds is 6. The van der Waals surface area contributed by atoms with Gasteiger partial charge < -0.3 is 25.1 Å². The average molecular weight is 390 g/mol. The highest BCUT2D eigenvalue weighted by Gasteiger charge is 2.21. The second kappa shape index (κ2) is 8.63. The number of hydrogen-bond donors (Lipinski definition) is 2. The van der Waals surface area contributed by atoms with E-state index in [1.165, 1.54) is 17.9 Å². The first-order chi connectivity index (χ1) is 14.0. The molecule has 3 aromatic rings. The highest BCUT2D eigenvalue weighted by atomic mass is 16.5. The molecule has 29 heavy (non-hydrogen) atoms. The van der Waals surface area contributed by atoms with Crippen LogP contribution in [0.4, 0.5) is 11.4 Å². The maximum atomic E-state index is 12.1. The van der Waals surface area contributed by atoms with Gasteiger partial charge in [-0.25, -0.2) is 4.79 Å². The van der Waals surface area contributed by atoms with Crippen LogP contribution in [0, 0.1) is 11.3 Å². The monoisotopic (exact) mass is 390 g/mol. The summed E-state index contributed by atoms with van der Waals surface area (Å²) in [6, 6.07) is 17.7. The van der Waals surface area contributed by atoms with Crippen LogP contribution >= 0.6 is 0 Å². The number of methoxy groups -OCH3 is 1. The molecule has 0 unspecified atom stereocenters. The number of nitrogens with zero attached hydrogens (tertiary/aromatic N) is 2. The Morgan fingerprint density at radius 3 is 2.45 bits per heavy atom. The van der Waals surface area contributed by atoms with Crippen molar-refractivity contribution in [3.8, 4) is 17.5 Å². The average Bonchev–Trinajstić information content (AvgIpc) is 3.09. The first-order valence-electron chi connectivity index (χ1n) is 8.61. The van der Waals surface area contributed by atoms with Crippen molar-refractivity contribution in [1.82, 2.24) is 4.57 Å². The third-order valence-corrected chi connectivity index (χ3v) is 4.09. The van der Waals surface area contributed by atoms with Crippen molar-refractivity contribution in [2.45, 2.75) is 0 Å². The third kappa shape index (κ3) is 4.36. The molecule has 0 fully saturated rings. The van der Waals surface area contributed by atoms with Crippen LogP contribution in [0.1, 0.15) is 16.1 Å². The minimum Gasteiger partial charge on any atom is -0.484 e. The van der Waals surface area contributed by atoms with Crippen molar-refractivity contribution >= 4 is 23.3 Å². The highest BCUT2D eigenvalue weighted by Crippen LogP contribution is 2.25. The van der Waals surface area contributed by atoms with Crippen molar-refractivity contribution in [3.63, 3.8) is 0 Å². The lowest BCUT2D eigenvalue weighted by atomic mass is 10.2. The van der Waals surface area contributed by atoms with Gasteiger partial charge in [0.25, 0.3) is 5.91 Å². The standard InChI is InChI=1S/C21H18N4O4/c1-28-21(27)20-19(23)14(11-22)12-25(20)16-9-7-15(8-10-16)24-18(26)13-29-17-5-3-2-4-6-17/h2-10,12H,13,23H2,1H3,(H,24,26). The Morgan fingerprint density at radius 2 is 1.83 bits per heavy atom. The minimum absolute atomic E-state index is 0.0507. The predicted octanol–water partition coefficient (Wildman–Crippen LogP) is 2.74. The molecule has 0 aliphatic rings. The Balaban J connectivity index is 1.73. The zero-order valence-corrected chi connectivity index (χ0v) is 15.6. The Kier molecular flexibility index (Phi) is 5.80. The normalized spacial score (nSPS) is 10.1. The van der Waals surface area contributed by atoms with E-state index in [-0.39, 0.29) is 29.5 Å². The van der Waals surface area contributed by atoms with E-state index in [0.29, 0.717) is 17.1 Å². The van der Waals surface area contributed by atoms with Crippen LogP contribution in [0.5, 0.6) is 5.75 Å². The number of aromatic nitrogens is 1. The van der Waals surface area contributed by atoms with Gasteiger partial charge in [0.15, 0.2) is 12.3 Å². The molecule has 0 spiro atoms. The van der Waals surface area contributed by atoms with Crippen LogP contribution in [-0.2, 0) is 9.53 Å². The van der Waals surface area contributed by atoms with Gasteiger partial charge in [0.1, 0.15) is 11.8 Å². The Labute approximate surface area is 167 Å². The summed E-state index contributed by atoms with van der Waals surface area (Å²) in [6.45, 7) is -0.127. The molecule has 0 aliphatic heterocycles. The van der Waals surface area contributed by atoms with Crippen molar-refractivity contribution < 1.29 is 19.1 Å². The van der Waals surface area contributed by atoms with Crippen LogP contribution in [0.15, 0.2) is 60.8 Å². The van der Waals surface area contributed by atoms with Crippen molar-refractivity contribution in [2.24, 2.45) is 0 Å². The van der Waals surface area contributed by atoms with Gasteiger partial charge in [0.2, 0.25) is 0 Å². The lowest BCUT2D eigenvalue weighted by Crippen LogP contribution is -2.20. The molecular formula is C21H18N4O4. The molecule has 146 valence electrons. The van der Waals surface area contributed by atoms with Gasteiger partial charge >= 0.3 is 5.97 Å². The summed E-state index contributed by atoms with van der Waals surface area (Å²) in [6.07, 6.45) is 1.46. The second-order valence-electron chi connectivity index (χ2n) is 5.98. The van der Waals surface area contributed by atoms with E-state index in [2.05, 4.69) is 5.32 Å². The third-order valence-electron chi connectivity index (χ3n) is 4.09. The van der Waals surface area contributed by atoms with Gasteiger partial charge in [0.05, 0.1) is 18.4 Å². The molecule has 2 aromatic carbocycles. The molecule has 8 heteroatoms. The molecule has 1 aromatic heterocycles. The van der Waals surface area contributed by atoms with Crippen molar-refractivity contribution in [3.05, 3.63) is 72.1 Å². The van der Waals surface area contributed by atoms with Gasteiger partial charge in [-0.3, -0.25) is 4.79 Å². The van der Waals surface area contributed by atoms with E-state index in [0.717, 1.165) is 0 Å². The fourth-order valence-corrected chi connectivity index (χ4v) is 2.69. The van der Waals surface area contributed by atoms with Crippen LogP contribution in [-0.4, -0.2) is 30.2 Å².